The van der Waals surface area contributed by atoms with Crippen LogP contribution < -0.4 is 19.9 Å². The van der Waals surface area contributed by atoms with E-state index in [2.05, 4.69) is 15.3 Å². The molecule has 1 aromatic heterocycles. The molecule has 2 heterocycles. The van der Waals surface area contributed by atoms with E-state index in [1.54, 1.807) is 12.3 Å². The molecule has 7 nitrogen and oxygen atoms in total. The Morgan fingerprint density at radius 3 is 2.42 bits per heavy atom. The van der Waals surface area contributed by atoms with Crippen LogP contribution in [-0.2, 0) is 6.54 Å². The number of halogens is 1. The summed E-state index contributed by atoms with van der Waals surface area (Å²) in [5.41, 5.74) is 2.28. The number of benzene rings is 3. The Morgan fingerprint density at radius 1 is 1.00 bits per heavy atom. The summed E-state index contributed by atoms with van der Waals surface area (Å²) in [7, 11) is 1.46. The summed E-state index contributed by atoms with van der Waals surface area (Å²) < 4.78 is 20.0. The average molecular weight is 441 g/mol. The Labute approximate surface area is 190 Å². The van der Waals surface area contributed by atoms with Crippen molar-refractivity contribution < 1.29 is 13.9 Å². The fourth-order valence-electron chi connectivity index (χ4n) is 3.69. The predicted molar refractivity (Wildman–Crippen MR) is 125 cm³/mol. The number of methoxy groups -OCH3 is 1. The summed E-state index contributed by atoms with van der Waals surface area (Å²) in [6, 6.07) is 22.7. The lowest BCUT2D eigenvalue weighted by atomic mass is 10.1. The van der Waals surface area contributed by atoms with E-state index in [-0.39, 0.29) is 12.2 Å². The van der Waals surface area contributed by atoms with Gasteiger partial charge in [0.05, 0.1) is 25.0 Å². The number of hydrogen-bond donors (Lipinski definition) is 1. The van der Waals surface area contributed by atoms with E-state index in [1.165, 1.54) is 29.0 Å². The second kappa shape index (κ2) is 8.58. The zero-order chi connectivity index (χ0) is 22.8. The van der Waals surface area contributed by atoms with Gasteiger partial charge in [-0.1, -0.05) is 36.4 Å². The molecule has 8 heteroatoms. The second-order valence-corrected chi connectivity index (χ2v) is 7.39. The third-order valence-corrected chi connectivity index (χ3v) is 5.29. The van der Waals surface area contributed by atoms with Crippen molar-refractivity contribution in [3.63, 3.8) is 0 Å². The molecule has 3 aromatic carbocycles. The lowest BCUT2D eigenvalue weighted by Gasteiger charge is -2.36. The average Bonchev–Trinajstić information content (AvgIpc) is 2.85. The van der Waals surface area contributed by atoms with Crippen LogP contribution in [0.15, 0.2) is 85.1 Å². The summed E-state index contributed by atoms with van der Waals surface area (Å²) in [5, 5.41) is 3.16. The van der Waals surface area contributed by atoms with Crippen LogP contribution in [0.1, 0.15) is 5.56 Å². The van der Waals surface area contributed by atoms with Crippen molar-refractivity contribution in [1.82, 2.24) is 9.97 Å². The van der Waals surface area contributed by atoms with Crippen molar-refractivity contribution in [1.29, 1.82) is 0 Å². The number of para-hydroxylation sites is 2. The van der Waals surface area contributed by atoms with Crippen molar-refractivity contribution >= 4 is 34.9 Å². The van der Waals surface area contributed by atoms with Gasteiger partial charge in [0, 0.05) is 23.5 Å². The lowest BCUT2D eigenvalue weighted by molar-refractivity contribution is 0.252. The predicted octanol–water partition coefficient (Wildman–Crippen LogP) is 5.65. The molecule has 0 saturated heterocycles. The first-order valence-electron chi connectivity index (χ1n) is 10.3. The van der Waals surface area contributed by atoms with Gasteiger partial charge in [-0.25, -0.2) is 19.1 Å². The van der Waals surface area contributed by atoms with Gasteiger partial charge in [-0.2, -0.15) is 4.98 Å². The Kier molecular flexibility index (Phi) is 5.32. The monoisotopic (exact) mass is 441 g/mol. The van der Waals surface area contributed by atoms with Gasteiger partial charge in [-0.05, 0) is 36.4 Å². The van der Waals surface area contributed by atoms with Crippen LogP contribution in [0.3, 0.4) is 0 Å². The number of anilines is 5. The summed E-state index contributed by atoms with van der Waals surface area (Å²) in [6.07, 6.45) is 1.66. The number of amides is 2. The fraction of sp³-hybridized carbons (Fsp3) is 0.0800. The highest BCUT2D eigenvalue weighted by Crippen LogP contribution is 2.37. The first-order valence-corrected chi connectivity index (χ1v) is 10.3. The van der Waals surface area contributed by atoms with Gasteiger partial charge < -0.3 is 10.1 Å². The van der Waals surface area contributed by atoms with E-state index in [4.69, 9.17) is 4.74 Å². The number of carbonyl (C=O) groups excluding carboxylic acids is 1. The van der Waals surface area contributed by atoms with Crippen LogP contribution in [0.5, 0.6) is 5.75 Å². The molecule has 164 valence electrons. The first kappa shape index (κ1) is 20.4. The molecule has 2 amide bonds. The maximum atomic E-state index is 14.9. The van der Waals surface area contributed by atoms with Gasteiger partial charge in [0.2, 0.25) is 5.95 Å². The molecule has 1 N–H and O–H groups in total. The summed E-state index contributed by atoms with van der Waals surface area (Å²) in [5.74, 6) is 0.631. The molecule has 0 atom stereocenters. The van der Waals surface area contributed by atoms with Crippen molar-refractivity contribution in [3.8, 4) is 5.75 Å². The highest BCUT2D eigenvalue weighted by Gasteiger charge is 2.35. The van der Waals surface area contributed by atoms with E-state index >= 15 is 0 Å². The number of urea groups is 1. The van der Waals surface area contributed by atoms with Crippen LogP contribution in [0, 0.1) is 5.82 Å². The van der Waals surface area contributed by atoms with Gasteiger partial charge in [0.15, 0.2) is 11.6 Å². The third kappa shape index (κ3) is 3.94. The molecule has 0 fully saturated rings. The Bertz CT molecular complexity index is 1300. The minimum Gasteiger partial charge on any atom is -0.497 e. The quantitative estimate of drug-likeness (QED) is 0.434. The second-order valence-electron chi connectivity index (χ2n) is 7.39. The number of carbonyl (C=O) groups is 1. The van der Waals surface area contributed by atoms with Gasteiger partial charge in [0.25, 0.3) is 0 Å². The van der Waals surface area contributed by atoms with E-state index in [9.17, 15) is 9.18 Å². The first-order chi connectivity index (χ1) is 16.1. The molecule has 4 aromatic rings. The maximum Gasteiger partial charge on any atom is 0.335 e. The van der Waals surface area contributed by atoms with E-state index in [1.807, 2.05) is 60.7 Å². The van der Waals surface area contributed by atoms with Crippen molar-refractivity contribution in [2.45, 2.75) is 6.54 Å². The molecular formula is C25H20FN5O2. The lowest BCUT2D eigenvalue weighted by Crippen LogP contribution is -2.46. The number of rotatable bonds is 5. The number of ether oxygens (including phenoxy) is 1. The molecule has 0 radical (unpaired) electrons. The number of aromatic nitrogens is 2. The summed E-state index contributed by atoms with van der Waals surface area (Å²) in [6.45, 7) is 0.131. The van der Waals surface area contributed by atoms with E-state index < -0.39 is 11.8 Å². The molecule has 0 aliphatic carbocycles. The molecule has 0 bridgehead atoms. The SMILES string of the molecule is COc1ccc(N2Cc3cnc(Nc4ccccc4)nc3N(c3ccccc3)C2=O)c(F)c1. The molecular weight excluding hydrogens is 421 g/mol. The zero-order valence-electron chi connectivity index (χ0n) is 17.8. The molecule has 0 unspecified atom stereocenters. The minimum atomic E-state index is -0.553. The van der Waals surface area contributed by atoms with Crippen LogP contribution in [-0.4, -0.2) is 23.1 Å². The highest BCUT2D eigenvalue weighted by molar-refractivity contribution is 6.10. The van der Waals surface area contributed by atoms with Crippen LogP contribution in [0.2, 0.25) is 0 Å². The maximum absolute atomic E-state index is 14.9. The molecule has 1 aliphatic heterocycles. The van der Waals surface area contributed by atoms with Gasteiger partial charge in [-0.3, -0.25) is 4.90 Å². The Hall–Kier alpha value is -4.46. The molecule has 0 saturated carbocycles. The smallest absolute Gasteiger partial charge is 0.335 e. The van der Waals surface area contributed by atoms with E-state index in [0.717, 1.165) is 5.69 Å². The van der Waals surface area contributed by atoms with Gasteiger partial charge in [0.1, 0.15) is 5.75 Å². The number of hydrogen-bond acceptors (Lipinski definition) is 5. The van der Waals surface area contributed by atoms with Gasteiger partial charge in [-0.15, -0.1) is 0 Å². The highest BCUT2D eigenvalue weighted by atomic mass is 19.1. The standard InChI is InChI=1S/C25H20FN5O2/c1-33-20-12-13-22(21(26)14-20)30-16-17-15-27-24(28-18-8-4-2-5-9-18)29-23(17)31(25(30)32)19-10-6-3-7-11-19/h2-15H,16H2,1H3,(H,27,28,29). The molecule has 33 heavy (non-hydrogen) atoms. The normalized spacial score (nSPS) is 13.0. The summed E-state index contributed by atoms with van der Waals surface area (Å²) in [4.78, 5) is 25.5. The fourth-order valence-corrected chi connectivity index (χ4v) is 3.69. The van der Waals surface area contributed by atoms with Crippen molar-refractivity contribution in [2.24, 2.45) is 0 Å². The van der Waals surface area contributed by atoms with Crippen LogP contribution in [0.4, 0.5) is 38.0 Å². The molecule has 5 rings (SSSR count). The summed E-state index contributed by atoms with van der Waals surface area (Å²) >= 11 is 0. The molecule has 1 aliphatic rings. The minimum absolute atomic E-state index is 0.131. The van der Waals surface area contributed by atoms with Crippen molar-refractivity contribution in [3.05, 3.63) is 96.4 Å². The largest absolute Gasteiger partial charge is 0.497 e. The van der Waals surface area contributed by atoms with Crippen LogP contribution >= 0.6 is 0 Å². The number of nitrogens with one attached hydrogen (secondary N) is 1. The van der Waals surface area contributed by atoms with Crippen molar-refractivity contribution in [2.75, 3.05) is 22.2 Å². The topological polar surface area (TPSA) is 70.6 Å². The van der Waals surface area contributed by atoms with E-state index in [0.29, 0.717) is 28.8 Å². The number of nitrogens with zero attached hydrogens (tertiary/aromatic N) is 4. The zero-order valence-corrected chi connectivity index (χ0v) is 17.8. The third-order valence-electron chi connectivity index (χ3n) is 5.29. The van der Waals surface area contributed by atoms with Crippen LogP contribution in [0.25, 0.3) is 0 Å². The Balaban J connectivity index is 1.58. The molecule has 0 spiro atoms. The number of fused-ring (bicyclic) bond motifs is 1. The Morgan fingerprint density at radius 2 is 1.73 bits per heavy atom. The van der Waals surface area contributed by atoms with Gasteiger partial charge >= 0.3 is 6.03 Å².